The highest BCUT2D eigenvalue weighted by molar-refractivity contribution is 9.10. The minimum absolute atomic E-state index is 0.0391. The van der Waals surface area contributed by atoms with Gasteiger partial charge in [-0.1, -0.05) is 70.5 Å². The van der Waals surface area contributed by atoms with Crippen LogP contribution >= 0.6 is 15.9 Å². The largest absolute Gasteiger partial charge is 0.497 e. The Bertz CT molecular complexity index is 1760. The molecule has 4 aromatic rings. The number of hydrogen-bond donors (Lipinski definition) is 1. The summed E-state index contributed by atoms with van der Waals surface area (Å²) in [6, 6.07) is 28.4. The first kappa shape index (κ1) is 35.5. The van der Waals surface area contributed by atoms with Gasteiger partial charge in [0.25, 0.3) is 10.0 Å². The monoisotopic (exact) mass is 721 g/mol. The van der Waals surface area contributed by atoms with Crippen LogP contribution in [0.4, 0.5) is 5.69 Å². The van der Waals surface area contributed by atoms with Crippen LogP contribution in [-0.2, 0) is 32.6 Å². The minimum Gasteiger partial charge on any atom is -0.497 e. The molecule has 0 fully saturated rings. The number of anilines is 1. The van der Waals surface area contributed by atoms with Gasteiger partial charge in [-0.3, -0.25) is 13.9 Å². The Labute approximate surface area is 285 Å². The third-order valence-electron chi connectivity index (χ3n) is 7.32. The van der Waals surface area contributed by atoms with E-state index in [0.717, 1.165) is 19.9 Å². The molecule has 4 rings (SSSR count). The molecule has 0 saturated carbocycles. The van der Waals surface area contributed by atoms with E-state index in [4.69, 9.17) is 9.47 Å². The van der Waals surface area contributed by atoms with E-state index < -0.39 is 34.1 Å². The average molecular weight is 723 g/mol. The van der Waals surface area contributed by atoms with Crippen molar-refractivity contribution in [2.75, 3.05) is 25.1 Å². The van der Waals surface area contributed by atoms with Crippen molar-refractivity contribution in [2.45, 2.75) is 50.2 Å². The first-order valence-corrected chi connectivity index (χ1v) is 17.3. The van der Waals surface area contributed by atoms with Crippen LogP contribution < -0.4 is 19.1 Å². The van der Waals surface area contributed by atoms with Gasteiger partial charge < -0.3 is 19.7 Å². The normalized spacial score (nSPS) is 12.1. The first-order valence-electron chi connectivity index (χ1n) is 15.0. The molecule has 248 valence electrons. The molecule has 0 saturated heterocycles. The summed E-state index contributed by atoms with van der Waals surface area (Å²) in [6.45, 7) is 5.07. The Morgan fingerprint density at radius 3 is 2.02 bits per heavy atom. The molecule has 0 unspecified atom stereocenters. The lowest BCUT2D eigenvalue weighted by molar-refractivity contribution is -0.140. The number of para-hydroxylation sites is 2. The van der Waals surface area contributed by atoms with E-state index in [1.807, 2.05) is 75.4 Å². The highest BCUT2D eigenvalue weighted by atomic mass is 79.9. The number of hydrogen-bond acceptors (Lipinski definition) is 6. The van der Waals surface area contributed by atoms with Gasteiger partial charge in [-0.15, -0.1) is 0 Å². The summed E-state index contributed by atoms with van der Waals surface area (Å²) in [5, 5.41) is 3.04. The molecule has 11 heteroatoms. The van der Waals surface area contributed by atoms with Gasteiger partial charge >= 0.3 is 0 Å². The molecular weight excluding hydrogens is 682 g/mol. The molecule has 0 aliphatic carbocycles. The van der Waals surface area contributed by atoms with E-state index in [-0.39, 0.29) is 35.2 Å². The van der Waals surface area contributed by atoms with Crippen molar-refractivity contribution < 1.29 is 27.5 Å². The van der Waals surface area contributed by atoms with Crippen LogP contribution in [0.5, 0.6) is 11.5 Å². The van der Waals surface area contributed by atoms with Crippen molar-refractivity contribution in [1.29, 1.82) is 0 Å². The van der Waals surface area contributed by atoms with Crippen LogP contribution in [-0.4, -0.2) is 57.5 Å². The van der Waals surface area contributed by atoms with Gasteiger partial charge in [0.2, 0.25) is 11.8 Å². The zero-order valence-corrected chi connectivity index (χ0v) is 29.5. The molecule has 0 heterocycles. The first-order chi connectivity index (χ1) is 22.3. The van der Waals surface area contributed by atoms with Crippen molar-refractivity contribution in [2.24, 2.45) is 0 Å². The van der Waals surface area contributed by atoms with Crippen molar-refractivity contribution in [3.05, 3.63) is 119 Å². The maximum absolute atomic E-state index is 14.6. The number of carbonyl (C=O) groups is 2. The molecule has 9 nitrogen and oxygen atoms in total. The van der Waals surface area contributed by atoms with E-state index >= 15 is 0 Å². The summed E-state index contributed by atoms with van der Waals surface area (Å²) < 4.78 is 41.3. The van der Waals surface area contributed by atoms with E-state index in [9.17, 15) is 18.0 Å². The number of sulfonamides is 1. The fourth-order valence-electron chi connectivity index (χ4n) is 5.02. The van der Waals surface area contributed by atoms with E-state index in [0.29, 0.717) is 5.75 Å². The Morgan fingerprint density at radius 2 is 1.43 bits per heavy atom. The van der Waals surface area contributed by atoms with Gasteiger partial charge in [-0.05, 0) is 80.4 Å². The van der Waals surface area contributed by atoms with E-state index in [1.54, 1.807) is 36.4 Å². The molecule has 0 aliphatic rings. The molecule has 4 aromatic carbocycles. The van der Waals surface area contributed by atoms with E-state index in [2.05, 4.69) is 21.2 Å². The molecular formula is C36H40BrN3O6S. The van der Waals surface area contributed by atoms with Crippen molar-refractivity contribution in [1.82, 2.24) is 10.2 Å². The van der Waals surface area contributed by atoms with Crippen molar-refractivity contribution in [3.63, 3.8) is 0 Å². The van der Waals surface area contributed by atoms with Gasteiger partial charge in [0, 0.05) is 23.0 Å². The number of nitrogens with zero attached hydrogens (tertiary/aromatic N) is 2. The number of rotatable bonds is 13. The summed E-state index contributed by atoms with van der Waals surface area (Å²) >= 11 is 3.46. The summed E-state index contributed by atoms with van der Waals surface area (Å²) in [5.74, 6) is -0.170. The van der Waals surface area contributed by atoms with Gasteiger partial charge in [0.15, 0.2) is 0 Å². The molecule has 47 heavy (non-hydrogen) atoms. The van der Waals surface area contributed by atoms with Crippen LogP contribution in [0.2, 0.25) is 0 Å². The lowest BCUT2D eigenvalue weighted by Gasteiger charge is -2.35. The van der Waals surface area contributed by atoms with Crippen LogP contribution in [0.25, 0.3) is 0 Å². The lowest BCUT2D eigenvalue weighted by Crippen LogP contribution is -2.56. The van der Waals surface area contributed by atoms with Crippen molar-refractivity contribution in [3.8, 4) is 11.5 Å². The van der Waals surface area contributed by atoms with Gasteiger partial charge in [0.05, 0.1) is 24.8 Å². The van der Waals surface area contributed by atoms with E-state index in [1.165, 1.54) is 31.3 Å². The summed E-state index contributed by atoms with van der Waals surface area (Å²) in [5.41, 5.74) is 1.22. The minimum atomic E-state index is -4.31. The Balaban J connectivity index is 1.84. The van der Waals surface area contributed by atoms with Gasteiger partial charge in [-0.2, -0.15) is 0 Å². The number of methoxy groups -OCH3 is 2. The SMILES string of the molecule is COc1ccc(S(=O)(=O)N(CC(=O)N(Cc2ccc(Br)cc2)[C@H](Cc2ccccc2)C(=O)NC(C)(C)C)c2ccccc2OC)cc1. The molecule has 0 aromatic heterocycles. The predicted molar refractivity (Wildman–Crippen MR) is 187 cm³/mol. The molecule has 0 spiro atoms. The van der Waals surface area contributed by atoms with Crippen molar-refractivity contribution >= 4 is 43.5 Å². The maximum atomic E-state index is 14.6. The van der Waals surface area contributed by atoms with Crippen LogP contribution in [0.1, 0.15) is 31.9 Å². The Morgan fingerprint density at radius 1 is 0.809 bits per heavy atom. The second-order valence-corrected chi connectivity index (χ2v) is 14.7. The molecule has 0 aliphatic heterocycles. The number of halogens is 1. The molecule has 1 N–H and O–H groups in total. The standard InChI is InChI=1S/C36H40BrN3O6S/c1-36(2,3)38-35(42)32(23-26-11-7-6-8-12-26)39(24-27-15-17-28(37)18-16-27)34(41)25-40(31-13-9-10-14-33(31)46-5)47(43,44)30-21-19-29(45-4)20-22-30/h6-22,32H,23-25H2,1-5H3,(H,38,42)/t32-/m1/s1. The second-order valence-electron chi connectivity index (χ2n) is 12.0. The highest BCUT2D eigenvalue weighted by Crippen LogP contribution is 2.33. The lowest BCUT2D eigenvalue weighted by atomic mass is 10.0. The smallest absolute Gasteiger partial charge is 0.264 e. The highest BCUT2D eigenvalue weighted by Gasteiger charge is 2.36. The summed E-state index contributed by atoms with van der Waals surface area (Å²) in [4.78, 5) is 30.1. The molecule has 1 atom stereocenters. The maximum Gasteiger partial charge on any atom is 0.264 e. The number of nitrogens with one attached hydrogen (secondary N) is 1. The predicted octanol–water partition coefficient (Wildman–Crippen LogP) is 6.22. The summed E-state index contributed by atoms with van der Waals surface area (Å²) in [6.07, 6.45) is 0.213. The van der Waals surface area contributed by atoms with Crippen LogP contribution in [0.15, 0.2) is 112 Å². The van der Waals surface area contributed by atoms with Gasteiger partial charge in [0.1, 0.15) is 24.1 Å². The zero-order valence-electron chi connectivity index (χ0n) is 27.1. The quantitative estimate of drug-likeness (QED) is 0.176. The second kappa shape index (κ2) is 15.5. The van der Waals surface area contributed by atoms with Crippen LogP contribution in [0, 0.1) is 0 Å². The fourth-order valence-corrected chi connectivity index (χ4v) is 6.71. The Kier molecular flexibility index (Phi) is 11.7. The topological polar surface area (TPSA) is 105 Å². The summed E-state index contributed by atoms with van der Waals surface area (Å²) in [7, 11) is -1.38. The third-order valence-corrected chi connectivity index (χ3v) is 9.62. The number of amides is 2. The zero-order chi connectivity index (χ0) is 34.2. The molecule has 0 bridgehead atoms. The average Bonchev–Trinajstić information content (AvgIpc) is 3.05. The number of benzene rings is 4. The number of ether oxygens (including phenoxy) is 2. The molecule has 0 radical (unpaired) electrons. The Hall–Kier alpha value is -4.35. The fraction of sp³-hybridized carbons (Fsp3) is 0.278. The third kappa shape index (κ3) is 9.36. The van der Waals surface area contributed by atoms with Crippen LogP contribution in [0.3, 0.4) is 0 Å². The molecule has 2 amide bonds. The number of carbonyl (C=O) groups excluding carboxylic acids is 2. The van der Waals surface area contributed by atoms with Gasteiger partial charge in [-0.25, -0.2) is 8.42 Å².